The second-order valence-electron chi connectivity index (χ2n) is 4.00. The summed E-state index contributed by atoms with van der Waals surface area (Å²) in [6.07, 6.45) is 1.62. The van der Waals surface area contributed by atoms with Crippen LogP contribution in [0.2, 0.25) is 10.0 Å². The molecule has 8 heteroatoms. The number of halogens is 2. The summed E-state index contributed by atoms with van der Waals surface area (Å²) in [5, 5.41) is 11.7. The Morgan fingerprint density at radius 2 is 2.15 bits per heavy atom. The standard InChI is InChI=1S/C12H13Cl2N5S/c1-2-15-12(20)17-11-16-7-19(18-11)6-8-3-4-9(13)10(14)5-8/h3-5,7H,2,6H2,1H3,(H2,15,17,18,20). The Labute approximate surface area is 132 Å². The molecular formula is C12H13Cl2N5S. The van der Waals surface area contributed by atoms with Crippen LogP contribution in [0.5, 0.6) is 0 Å². The summed E-state index contributed by atoms with van der Waals surface area (Å²) in [4.78, 5) is 4.13. The second kappa shape index (κ2) is 6.88. The minimum absolute atomic E-state index is 0.455. The number of benzene rings is 1. The van der Waals surface area contributed by atoms with Crippen LogP contribution in [-0.2, 0) is 6.54 Å². The van der Waals surface area contributed by atoms with Gasteiger partial charge in [0.2, 0.25) is 5.95 Å². The number of anilines is 1. The lowest BCUT2D eigenvalue weighted by Gasteiger charge is -2.05. The number of thiocarbonyl (C=S) groups is 1. The molecule has 0 amide bonds. The molecule has 1 aromatic heterocycles. The van der Waals surface area contributed by atoms with Crippen molar-refractivity contribution in [1.29, 1.82) is 0 Å². The molecule has 0 spiro atoms. The molecule has 0 aliphatic heterocycles. The molecule has 0 saturated heterocycles. The zero-order chi connectivity index (χ0) is 14.5. The van der Waals surface area contributed by atoms with Gasteiger partial charge in [0, 0.05) is 6.54 Å². The zero-order valence-electron chi connectivity index (χ0n) is 10.7. The SMILES string of the molecule is CCNC(=S)Nc1ncn(Cc2ccc(Cl)c(Cl)c2)n1. The molecule has 106 valence electrons. The minimum atomic E-state index is 0.455. The van der Waals surface area contributed by atoms with Crippen LogP contribution >= 0.6 is 35.4 Å². The van der Waals surface area contributed by atoms with Crippen molar-refractivity contribution in [3.05, 3.63) is 40.1 Å². The van der Waals surface area contributed by atoms with Crippen molar-refractivity contribution in [2.45, 2.75) is 13.5 Å². The van der Waals surface area contributed by atoms with Crippen molar-refractivity contribution in [3.8, 4) is 0 Å². The summed E-state index contributed by atoms with van der Waals surface area (Å²) in [6, 6.07) is 5.46. The van der Waals surface area contributed by atoms with Gasteiger partial charge in [0.15, 0.2) is 5.11 Å². The Kier molecular flexibility index (Phi) is 5.17. The van der Waals surface area contributed by atoms with E-state index in [1.165, 1.54) is 0 Å². The van der Waals surface area contributed by atoms with E-state index in [0.29, 0.717) is 27.7 Å². The number of rotatable bonds is 4. The Morgan fingerprint density at radius 1 is 1.35 bits per heavy atom. The van der Waals surface area contributed by atoms with Crippen molar-refractivity contribution in [3.63, 3.8) is 0 Å². The van der Waals surface area contributed by atoms with Crippen molar-refractivity contribution in [2.75, 3.05) is 11.9 Å². The fourth-order valence-electron chi connectivity index (χ4n) is 1.56. The minimum Gasteiger partial charge on any atom is -0.363 e. The van der Waals surface area contributed by atoms with Gasteiger partial charge in [-0.15, -0.1) is 5.10 Å². The zero-order valence-corrected chi connectivity index (χ0v) is 13.1. The van der Waals surface area contributed by atoms with Crippen molar-refractivity contribution < 1.29 is 0 Å². The first kappa shape index (κ1) is 15.0. The Morgan fingerprint density at radius 3 is 2.85 bits per heavy atom. The summed E-state index contributed by atoms with van der Waals surface area (Å²) < 4.78 is 1.69. The van der Waals surface area contributed by atoms with Crippen LogP contribution in [0.25, 0.3) is 0 Å². The topological polar surface area (TPSA) is 54.8 Å². The lowest BCUT2D eigenvalue weighted by atomic mass is 10.2. The number of hydrogen-bond donors (Lipinski definition) is 2. The monoisotopic (exact) mass is 329 g/mol. The van der Waals surface area contributed by atoms with Gasteiger partial charge in [-0.3, -0.25) is 5.32 Å². The molecular weight excluding hydrogens is 317 g/mol. The molecule has 2 rings (SSSR count). The highest BCUT2D eigenvalue weighted by Gasteiger charge is 2.05. The van der Waals surface area contributed by atoms with Crippen molar-refractivity contribution in [1.82, 2.24) is 20.1 Å². The van der Waals surface area contributed by atoms with E-state index >= 15 is 0 Å². The molecule has 0 saturated carbocycles. The molecule has 0 unspecified atom stereocenters. The lowest BCUT2D eigenvalue weighted by Crippen LogP contribution is -2.28. The summed E-state index contributed by atoms with van der Waals surface area (Å²) in [5.41, 5.74) is 0.991. The number of aromatic nitrogens is 3. The first-order valence-corrected chi connectivity index (χ1v) is 7.13. The van der Waals surface area contributed by atoms with Gasteiger partial charge in [-0.05, 0) is 36.8 Å². The van der Waals surface area contributed by atoms with Crippen LogP contribution in [0.4, 0.5) is 5.95 Å². The van der Waals surface area contributed by atoms with Crippen LogP contribution in [0.15, 0.2) is 24.5 Å². The first-order valence-electron chi connectivity index (χ1n) is 5.96. The highest BCUT2D eigenvalue weighted by atomic mass is 35.5. The molecule has 0 fully saturated rings. The third kappa shape index (κ3) is 4.06. The van der Waals surface area contributed by atoms with E-state index in [1.54, 1.807) is 17.1 Å². The molecule has 0 aliphatic carbocycles. The molecule has 0 radical (unpaired) electrons. The molecule has 20 heavy (non-hydrogen) atoms. The lowest BCUT2D eigenvalue weighted by molar-refractivity contribution is 0.687. The summed E-state index contributed by atoms with van der Waals surface area (Å²) >= 11 is 16.9. The molecule has 5 nitrogen and oxygen atoms in total. The maximum atomic E-state index is 5.97. The van der Waals surface area contributed by atoms with Gasteiger partial charge in [0.25, 0.3) is 0 Å². The van der Waals surface area contributed by atoms with E-state index < -0.39 is 0 Å². The second-order valence-corrected chi connectivity index (χ2v) is 5.22. The molecule has 2 aromatic rings. The highest BCUT2D eigenvalue weighted by molar-refractivity contribution is 7.80. The van der Waals surface area contributed by atoms with E-state index in [4.69, 9.17) is 35.4 Å². The van der Waals surface area contributed by atoms with Crippen molar-refractivity contribution >= 4 is 46.5 Å². The van der Waals surface area contributed by atoms with Gasteiger partial charge in [-0.1, -0.05) is 29.3 Å². The molecule has 0 bridgehead atoms. The third-order valence-corrected chi connectivity index (χ3v) is 3.41. The summed E-state index contributed by atoms with van der Waals surface area (Å²) in [6.45, 7) is 3.26. The van der Waals surface area contributed by atoms with Gasteiger partial charge in [-0.2, -0.15) is 0 Å². The maximum Gasteiger partial charge on any atom is 0.248 e. The summed E-state index contributed by atoms with van der Waals surface area (Å²) in [7, 11) is 0. The molecule has 1 aromatic carbocycles. The van der Waals surface area contributed by atoms with E-state index in [2.05, 4.69) is 20.7 Å². The fourth-order valence-corrected chi connectivity index (χ4v) is 2.12. The van der Waals surface area contributed by atoms with Gasteiger partial charge in [-0.25, -0.2) is 9.67 Å². The van der Waals surface area contributed by atoms with Crippen LogP contribution in [0, 0.1) is 0 Å². The van der Waals surface area contributed by atoms with E-state index in [0.717, 1.165) is 12.1 Å². The van der Waals surface area contributed by atoms with Gasteiger partial charge in [0.1, 0.15) is 6.33 Å². The molecule has 2 N–H and O–H groups in total. The third-order valence-electron chi connectivity index (χ3n) is 2.43. The highest BCUT2D eigenvalue weighted by Crippen LogP contribution is 2.22. The average molecular weight is 330 g/mol. The van der Waals surface area contributed by atoms with E-state index in [1.807, 2.05) is 19.1 Å². The van der Waals surface area contributed by atoms with E-state index in [9.17, 15) is 0 Å². The predicted octanol–water partition coefficient (Wildman–Crippen LogP) is 2.94. The van der Waals surface area contributed by atoms with E-state index in [-0.39, 0.29) is 0 Å². The number of nitrogens with one attached hydrogen (secondary N) is 2. The average Bonchev–Trinajstić information content (AvgIpc) is 2.81. The van der Waals surface area contributed by atoms with Crippen LogP contribution in [-0.4, -0.2) is 26.4 Å². The van der Waals surface area contributed by atoms with Gasteiger partial charge < -0.3 is 5.32 Å². The quantitative estimate of drug-likeness (QED) is 0.844. The fraction of sp³-hybridized carbons (Fsp3) is 0.250. The Bertz CT molecular complexity index is 614. The van der Waals surface area contributed by atoms with Gasteiger partial charge >= 0.3 is 0 Å². The molecule has 0 atom stereocenters. The normalized spacial score (nSPS) is 10.3. The smallest absolute Gasteiger partial charge is 0.248 e. The predicted molar refractivity (Wildman–Crippen MR) is 85.5 cm³/mol. The van der Waals surface area contributed by atoms with Crippen LogP contribution in [0.1, 0.15) is 12.5 Å². The largest absolute Gasteiger partial charge is 0.363 e. The van der Waals surface area contributed by atoms with Crippen molar-refractivity contribution in [2.24, 2.45) is 0 Å². The maximum absolute atomic E-state index is 5.97. The number of hydrogen-bond acceptors (Lipinski definition) is 3. The summed E-state index contributed by atoms with van der Waals surface area (Å²) in [5.74, 6) is 0.455. The van der Waals surface area contributed by atoms with Gasteiger partial charge in [0.05, 0.1) is 16.6 Å². The van der Waals surface area contributed by atoms with Crippen LogP contribution < -0.4 is 10.6 Å². The van der Waals surface area contributed by atoms with Crippen LogP contribution in [0.3, 0.4) is 0 Å². The Hall–Kier alpha value is -1.37. The number of nitrogens with zero attached hydrogens (tertiary/aromatic N) is 3. The first-order chi connectivity index (χ1) is 9.58. The molecule has 1 heterocycles. The molecule has 0 aliphatic rings. The Balaban J connectivity index is 2.02.